The van der Waals surface area contributed by atoms with E-state index < -0.39 is 17.8 Å². The molecule has 6 saturated heterocycles. The zero-order valence-corrected chi connectivity index (χ0v) is 70.1. The maximum absolute atomic E-state index is 14.0. The largest absolute Gasteiger partial charge is 0.394 e. The van der Waals surface area contributed by atoms with E-state index in [0.717, 1.165) is 185 Å². The molecule has 5 aromatic carbocycles. The first-order valence-electron chi connectivity index (χ1n) is 41.5. The van der Waals surface area contributed by atoms with Crippen molar-refractivity contribution in [1.82, 2.24) is 50.3 Å². The van der Waals surface area contributed by atoms with Crippen molar-refractivity contribution in [2.24, 2.45) is 5.73 Å². The van der Waals surface area contributed by atoms with Crippen LogP contribution in [0.5, 0.6) is 0 Å². The smallest absolute Gasteiger partial charge is 0.254 e. The third-order valence-corrected chi connectivity index (χ3v) is 24.4. The summed E-state index contributed by atoms with van der Waals surface area (Å²) in [4.78, 5) is 76.7. The summed E-state index contributed by atoms with van der Waals surface area (Å²) in [5, 5.41) is 65.9. The van der Waals surface area contributed by atoms with Crippen LogP contribution in [-0.4, -0.2) is 232 Å². The van der Waals surface area contributed by atoms with Gasteiger partial charge in [0.25, 0.3) is 17.7 Å². The molecule has 10 heterocycles. The lowest BCUT2D eigenvalue weighted by Crippen LogP contribution is -2.59. The first kappa shape index (κ1) is 84.8. The summed E-state index contributed by atoms with van der Waals surface area (Å²) in [6, 6.07) is 38.4. The second kappa shape index (κ2) is 38.5. The number of carbonyl (C=O) groups excluding carboxylic acids is 4. The minimum Gasteiger partial charge on any atom is -0.394 e. The minimum atomic E-state index is -0.580. The monoisotopic (exact) mass is 1610 g/mol. The van der Waals surface area contributed by atoms with Crippen LogP contribution in [0.25, 0.3) is 0 Å². The number of nitrogens with zero attached hydrogens (tertiary/aromatic N) is 17. The average Bonchev–Trinajstić information content (AvgIpc) is 0.783. The summed E-state index contributed by atoms with van der Waals surface area (Å²) in [6.45, 7) is 29.6. The molecule has 7 N–H and O–H groups in total. The number of piperazine rings is 3. The number of primary amides is 1. The molecule has 4 amide bonds. The predicted octanol–water partition coefficient (Wildman–Crippen LogP) is 10.6. The number of rotatable bonds is 18. The molecule has 0 bridgehead atoms. The van der Waals surface area contributed by atoms with E-state index >= 15 is 0 Å². The van der Waals surface area contributed by atoms with Gasteiger partial charge in [0, 0.05) is 168 Å². The van der Waals surface area contributed by atoms with E-state index in [1.54, 1.807) is 35.6 Å². The van der Waals surface area contributed by atoms with Crippen LogP contribution in [0.15, 0.2) is 140 Å². The van der Waals surface area contributed by atoms with Crippen LogP contribution in [0.4, 0.5) is 56.1 Å². The number of nitrogens with two attached hydrogens (primary N) is 1. The molecule has 28 heteroatoms. The Morgan fingerprint density at radius 3 is 1.21 bits per heavy atom. The number of hydrogen-bond acceptors (Lipinski definition) is 23. The molecule has 9 aromatic rings. The Morgan fingerprint density at radius 2 is 0.840 bits per heavy atom. The number of aryl methyl sites for hydroxylation is 7. The number of benzene rings is 5. The fraction of sp³-hybridized carbons (Fsp3) is 0.429. The number of halogens is 1. The van der Waals surface area contributed by atoms with Gasteiger partial charge in [0.2, 0.25) is 5.91 Å². The van der Waals surface area contributed by atoms with Crippen molar-refractivity contribution in [2.75, 3.05) is 157 Å². The lowest BCUT2D eigenvalue weighted by Gasteiger charge is -2.42. The van der Waals surface area contributed by atoms with E-state index in [-0.39, 0.29) is 49.6 Å². The normalized spacial score (nSPS) is 18.2. The summed E-state index contributed by atoms with van der Waals surface area (Å²) in [6.07, 6.45) is 12.0. The second-order valence-corrected chi connectivity index (χ2v) is 32.3. The number of nitriles is 1. The number of amides is 4. The summed E-state index contributed by atoms with van der Waals surface area (Å²) >= 11 is 0. The highest BCUT2D eigenvalue weighted by molar-refractivity contribution is 6.01. The van der Waals surface area contributed by atoms with Gasteiger partial charge in [-0.1, -0.05) is 48.0 Å². The van der Waals surface area contributed by atoms with Gasteiger partial charge in [-0.05, 0) is 231 Å². The molecule has 4 aromatic heterocycles. The predicted molar refractivity (Wildman–Crippen MR) is 466 cm³/mol. The molecule has 27 nitrogen and oxygen atoms in total. The highest BCUT2D eigenvalue weighted by Crippen LogP contribution is 2.37. The van der Waals surface area contributed by atoms with Gasteiger partial charge in [-0.25, -0.2) is 9.37 Å². The molecular formula is C91H112FN21O6. The molecular weight excluding hydrogens is 1500 g/mol. The van der Waals surface area contributed by atoms with Gasteiger partial charge < -0.3 is 76.0 Å². The van der Waals surface area contributed by atoms with E-state index in [9.17, 15) is 39.0 Å². The number of hydrogen-bond donors (Lipinski definition) is 6. The Bertz CT molecular complexity index is 5060. The molecule has 0 radical (unpaired) electrons. The lowest BCUT2D eigenvalue weighted by molar-refractivity contribution is -0.120. The van der Waals surface area contributed by atoms with E-state index in [1.807, 2.05) is 147 Å². The summed E-state index contributed by atoms with van der Waals surface area (Å²) < 4.78 is 13.4. The highest BCUT2D eigenvalue weighted by atomic mass is 19.1. The number of aromatic nitrogens is 7. The number of aliphatic hydroxyl groups excluding tert-OH is 2. The average molecular weight is 1620 g/mol. The van der Waals surface area contributed by atoms with Gasteiger partial charge in [0.05, 0.1) is 49.3 Å². The molecule has 1 unspecified atom stereocenters. The Hall–Kier alpha value is -12.1. The molecule has 119 heavy (non-hydrogen) atoms. The Morgan fingerprint density at radius 1 is 0.454 bits per heavy atom. The van der Waals surface area contributed by atoms with Crippen molar-refractivity contribution in [3.05, 3.63) is 224 Å². The number of piperidine rings is 3. The van der Waals surface area contributed by atoms with E-state index in [0.29, 0.717) is 93.0 Å². The van der Waals surface area contributed by atoms with Crippen molar-refractivity contribution < 1.29 is 33.8 Å². The molecule has 3 atom stereocenters. The maximum Gasteiger partial charge on any atom is 0.254 e. The van der Waals surface area contributed by atoms with Crippen LogP contribution in [0.1, 0.15) is 131 Å². The second-order valence-electron chi connectivity index (χ2n) is 32.3. The number of anilines is 9. The van der Waals surface area contributed by atoms with Crippen molar-refractivity contribution in [3.8, 4) is 6.07 Å². The molecule has 0 aliphatic carbocycles. The van der Waals surface area contributed by atoms with Crippen molar-refractivity contribution in [2.45, 2.75) is 144 Å². The maximum atomic E-state index is 14.0. The number of aliphatic hydroxyl groups is 2. The van der Waals surface area contributed by atoms with Crippen LogP contribution in [-0.2, 0) is 4.79 Å². The summed E-state index contributed by atoms with van der Waals surface area (Å²) in [5.41, 5.74) is 23.7. The molecule has 6 aliphatic rings. The van der Waals surface area contributed by atoms with Gasteiger partial charge in [-0.2, -0.15) is 20.6 Å². The van der Waals surface area contributed by atoms with Gasteiger partial charge >= 0.3 is 0 Å². The summed E-state index contributed by atoms with van der Waals surface area (Å²) in [7, 11) is 0. The van der Waals surface area contributed by atoms with Gasteiger partial charge in [-0.15, -0.1) is 15.3 Å². The molecule has 15 rings (SSSR count). The molecule has 0 saturated carbocycles. The van der Waals surface area contributed by atoms with Crippen molar-refractivity contribution >= 4 is 75.3 Å². The fourth-order valence-electron chi connectivity index (χ4n) is 18.1. The first-order valence-corrected chi connectivity index (χ1v) is 41.5. The Labute approximate surface area is 697 Å². The lowest BCUT2D eigenvalue weighted by atomic mass is 9.94. The van der Waals surface area contributed by atoms with Crippen LogP contribution in [0.2, 0.25) is 0 Å². The number of pyridine rings is 1. The van der Waals surface area contributed by atoms with Crippen molar-refractivity contribution in [1.29, 1.82) is 5.26 Å². The van der Waals surface area contributed by atoms with Crippen LogP contribution >= 0.6 is 0 Å². The molecule has 6 fully saturated rings. The number of carbonyl (C=O) groups is 4. The fourth-order valence-corrected chi connectivity index (χ4v) is 18.1. The van der Waals surface area contributed by atoms with Crippen molar-refractivity contribution in [3.63, 3.8) is 0 Å². The van der Waals surface area contributed by atoms with Crippen LogP contribution in [0, 0.1) is 86.4 Å². The summed E-state index contributed by atoms with van der Waals surface area (Å²) in [5.74, 6) is 2.40. The third kappa shape index (κ3) is 19.5. The van der Waals surface area contributed by atoms with E-state index in [4.69, 9.17) is 5.73 Å². The van der Waals surface area contributed by atoms with Gasteiger partial charge in [0.1, 0.15) is 23.7 Å². The molecule has 624 valence electrons. The van der Waals surface area contributed by atoms with Crippen LogP contribution < -0.4 is 51.1 Å². The highest BCUT2D eigenvalue weighted by Gasteiger charge is 2.38. The number of para-hydroxylation sites is 1. The Kier molecular flexibility index (Phi) is 27.5. The quantitative estimate of drug-likeness (QED) is 0.0465. The van der Waals surface area contributed by atoms with Gasteiger partial charge in [-0.3, -0.25) is 19.2 Å². The minimum absolute atomic E-state index is 0.0119. The third-order valence-electron chi connectivity index (χ3n) is 24.4. The number of nitrogens with one attached hydrogen (secondary N) is 3. The molecule has 0 spiro atoms. The van der Waals surface area contributed by atoms with E-state index in [2.05, 4.69) is 116 Å². The van der Waals surface area contributed by atoms with E-state index in [1.165, 1.54) is 12.3 Å². The SMILES string of the molecule is Cc1cc(C)c(C(=O)N2CCN(c3ccc(F)cn3)[C@H](CO)C2)c(C)c1NC1CCN(c2cccnn2)CC1.Cc1cc(C)c(C(=O)N2CCN(c3ccccc3C#N)[C@H](CO)C2)c(C)c1NC1CCN(c2cccnn2)CC1.Cc1ccc(N2CCN(C(=O)c3c(C)cc(C)c(NC4CCN(c5cccnn5)CC4)c3C)CC2C(N)=O)cc1. The zero-order chi connectivity index (χ0) is 84.1. The van der Waals surface area contributed by atoms with Gasteiger partial charge in [0.15, 0.2) is 17.5 Å². The standard InChI is InChI=1S/C31H39N7O2.C31H37N7O2.C29H36FN7O2/c1-20-7-9-25(10-8-20)38-17-16-37(19-26(38)30(32)39)31(40)28-21(2)18-22(3)29(23(28)4)34-24-11-14-36(15-12-24)27-6-5-13-33-35-27;1-21-17-22(2)30(34-25-10-13-36(14-11-25)28-9-6-12-33-35-28)23(3)29(21)31(40)37-15-16-38(26(19-37)20-39)27-8-5-4-7-24(27)18-32;1-19-15-20(2)28(33-23-8-11-35(12-9-23)26-5-4-10-32-34-26)21(3)27(19)29(39)36-13-14-37(24(17-36)18-38)25-7-6-22(30)16-31-25/h5-10,13,18,24,26,34H,11-12,14-17,19H2,1-4H3,(H2,32,39);4-9,12,17,25-26,34,39H,10-11,13-16,19-20H2,1-3H3;4-7,10,15-16,23-24,33,38H,8-9,11-14,17-18H2,1-3H3/t;26-;24-/m.00/s1. The molecule has 6 aliphatic heterocycles. The first-order chi connectivity index (χ1) is 57.5. The van der Waals surface area contributed by atoms with Crippen LogP contribution in [0.3, 0.4) is 0 Å². The Balaban J connectivity index is 0.000000155. The zero-order valence-electron chi connectivity index (χ0n) is 70.1. The topological polar surface area (TPSA) is 314 Å².